The molecule has 2 amide bonds. The molecule has 1 aliphatic carbocycles. The number of nitrogens with one attached hydrogen (secondary N) is 4. The van der Waals surface area contributed by atoms with E-state index in [0.29, 0.717) is 50.3 Å². The average Bonchev–Trinajstić information content (AvgIpc) is 3.44. The number of nitrogens with zero attached hydrogens (tertiary/aromatic N) is 1. The number of rotatable bonds is 14. The van der Waals surface area contributed by atoms with Gasteiger partial charge in [-0.3, -0.25) is 24.7 Å². The Balaban J connectivity index is 1.70. The predicted molar refractivity (Wildman–Crippen MR) is 154 cm³/mol. The van der Waals surface area contributed by atoms with E-state index in [1.165, 1.54) is 6.42 Å². The average molecular weight is 626 g/mol. The summed E-state index contributed by atoms with van der Waals surface area (Å²) in [5.74, 6) is -1.30. The van der Waals surface area contributed by atoms with Gasteiger partial charge in [0.2, 0.25) is 5.91 Å². The van der Waals surface area contributed by atoms with Crippen LogP contribution in [0, 0.1) is 11.3 Å². The van der Waals surface area contributed by atoms with Crippen molar-refractivity contribution in [3.05, 3.63) is 34.3 Å². The Morgan fingerprint density at radius 1 is 1.10 bits per heavy atom. The lowest BCUT2D eigenvalue weighted by molar-refractivity contribution is -0.134. The molecule has 2 fully saturated rings. The number of halogens is 2. The van der Waals surface area contributed by atoms with Crippen molar-refractivity contribution in [2.75, 3.05) is 19.8 Å². The number of guanidine groups is 1. The van der Waals surface area contributed by atoms with Gasteiger partial charge in [-0.15, -0.1) is 0 Å². The normalized spacial score (nSPS) is 20.3. The van der Waals surface area contributed by atoms with Crippen LogP contribution in [0.25, 0.3) is 0 Å². The molecule has 4 atom stereocenters. The first-order chi connectivity index (χ1) is 19.2. The van der Waals surface area contributed by atoms with Crippen molar-refractivity contribution in [2.45, 2.75) is 88.6 Å². The van der Waals surface area contributed by atoms with Gasteiger partial charge < -0.3 is 26.8 Å². The number of likely N-dealkylation sites (tertiary alicyclic amines) is 1. The first kappa shape index (κ1) is 32.0. The minimum Gasteiger partial charge on any atom is -0.376 e. The molecule has 1 unspecified atom stereocenters. The summed E-state index contributed by atoms with van der Waals surface area (Å²) in [4.78, 5) is 40.4. The van der Waals surface area contributed by atoms with E-state index in [4.69, 9.17) is 11.1 Å². The molecule has 1 saturated carbocycles. The van der Waals surface area contributed by atoms with Gasteiger partial charge in [-0.2, -0.15) is 0 Å². The predicted octanol–water partition coefficient (Wildman–Crippen LogP) is 2.59. The molecule has 40 heavy (non-hydrogen) atoms. The van der Waals surface area contributed by atoms with Crippen molar-refractivity contribution in [1.29, 1.82) is 5.41 Å². The van der Waals surface area contributed by atoms with E-state index in [-0.39, 0.29) is 18.3 Å². The minimum atomic E-state index is -1.20. The summed E-state index contributed by atoms with van der Waals surface area (Å²) < 4.78 is 14.1. The van der Waals surface area contributed by atoms with Crippen molar-refractivity contribution in [1.82, 2.24) is 20.9 Å². The van der Waals surface area contributed by atoms with E-state index in [0.717, 1.165) is 30.2 Å². The summed E-state index contributed by atoms with van der Waals surface area (Å²) in [7, 11) is 0. The van der Waals surface area contributed by atoms with Crippen LogP contribution in [0.2, 0.25) is 0 Å². The van der Waals surface area contributed by atoms with Crippen LogP contribution in [0.5, 0.6) is 0 Å². The number of nitrogens with two attached hydrogens (primary N) is 1. The van der Waals surface area contributed by atoms with E-state index in [1.807, 2.05) is 0 Å². The van der Waals surface area contributed by atoms with Gasteiger partial charge in [0, 0.05) is 23.1 Å². The Morgan fingerprint density at radius 2 is 1.80 bits per heavy atom. The number of aliphatic hydroxyl groups excluding tert-OH is 1. The molecule has 0 spiro atoms. The summed E-state index contributed by atoms with van der Waals surface area (Å²) in [6.45, 7) is -0.428. The Morgan fingerprint density at radius 3 is 2.45 bits per heavy atom. The van der Waals surface area contributed by atoms with Crippen LogP contribution in [-0.4, -0.2) is 77.7 Å². The maximum atomic E-state index is 13.3. The van der Waals surface area contributed by atoms with Gasteiger partial charge in [-0.1, -0.05) is 48.0 Å². The van der Waals surface area contributed by atoms with Crippen molar-refractivity contribution >= 4 is 39.5 Å². The standard InChI is InChI=1S/C28H42BrFN6O4/c29-20-12-10-19(11-13-20)25(38)35-22(16-18-6-2-1-3-7-18)27(40)36-15-5-9-23(36)26(39)34-21(24(37)17-30)8-4-14-33-28(31)32/h10-13,18,21-23,27,40H,1-9,14-17H2,(H,34,39)(H,35,38)(H4,31,32,33)/t21-,22-,23-,27?/m0/s1. The molecular weight excluding hydrogens is 583 g/mol. The van der Waals surface area contributed by atoms with Gasteiger partial charge in [0.05, 0.1) is 18.1 Å². The number of aliphatic hydroxyl groups is 1. The van der Waals surface area contributed by atoms with Crippen LogP contribution in [0.3, 0.4) is 0 Å². The molecule has 1 aromatic carbocycles. The zero-order valence-electron chi connectivity index (χ0n) is 22.8. The van der Waals surface area contributed by atoms with Gasteiger partial charge in [0.25, 0.3) is 5.91 Å². The third kappa shape index (κ3) is 9.52. The van der Waals surface area contributed by atoms with Crippen LogP contribution in [-0.2, 0) is 9.59 Å². The lowest BCUT2D eigenvalue weighted by Gasteiger charge is -2.37. The number of benzene rings is 1. The van der Waals surface area contributed by atoms with E-state index in [2.05, 4.69) is 31.9 Å². The van der Waals surface area contributed by atoms with Gasteiger partial charge >= 0.3 is 0 Å². The quantitative estimate of drug-likeness (QED) is 0.105. The van der Waals surface area contributed by atoms with Crippen LogP contribution in [0.4, 0.5) is 4.39 Å². The largest absolute Gasteiger partial charge is 0.376 e. The molecule has 10 nitrogen and oxygen atoms in total. The summed E-state index contributed by atoms with van der Waals surface area (Å²) in [6, 6.07) is 4.68. The maximum absolute atomic E-state index is 13.3. The third-order valence-corrected chi connectivity index (χ3v) is 8.38. The molecular formula is C28H42BrFN6O4. The summed E-state index contributed by atoms with van der Waals surface area (Å²) in [6.07, 6.45) is 6.72. The Bertz CT molecular complexity index is 1010. The molecule has 0 aromatic heterocycles. The number of hydrogen-bond donors (Lipinski definition) is 6. The molecule has 3 rings (SSSR count). The third-order valence-electron chi connectivity index (χ3n) is 7.85. The Kier molecular flexibility index (Phi) is 12.8. The minimum absolute atomic E-state index is 0.192. The van der Waals surface area contributed by atoms with E-state index in [1.54, 1.807) is 29.2 Å². The maximum Gasteiger partial charge on any atom is 0.251 e. The molecule has 1 saturated heterocycles. The monoisotopic (exact) mass is 624 g/mol. The van der Waals surface area contributed by atoms with Gasteiger partial charge in [-0.25, -0.2) is 4.39 Å². The second-order valence-corrected chi connectivity index (χ2v) is 11.7. The molecule has 2 aliphatic rings. The molecule has 222 valence electrons. The van der Waals surface area contributed by atoms with Crippen molar-refractivity contribution in [3.63, 3.8) is 0 Å². The number of Topliss-reactive ketones (excluding diaryl/α,β-unsaturated/α-hetero) is 1. The summed E-state index contributed by atoms with van der Waals surface area (Å²) in [5.41, 5.74) is 5.75. The SMILES string of the molecule is N=C(N)NCCC[C@H](NC(=O)[C@@H]1CCCN1C(O)[C@H](CC1CCCCC1)NC(=O)c1ccc(Br)cc1)C(=O)CF. The van der Waals surface area contributed by atoms with Gasteiger partial charge in [-0.05, 0) is 62.3 Å². The highest BCUT2D eigenvalue weighted by Crippen LogP contribution is 2.30. The van der Waals surface area contributed by atoms with Crippen LogP contribution < -0.4 is 21.7 Å². The summed E-state index contributed by atoms with van der Waals surface area (Å²) in [5, 5.41) is 27.1. The number of carbonyl (C=O) groups excluding carboxylic acids is 3. The van der Waals surface area contributed by atoms with Gasteiger partial charge in [0.15, 0.2) is 11.7 Å². The molecule has 12 heteroatoms. The molecule has 7 N–H and O–H groups in total. The second kappa shape index (κ2) is 16.0. The highest BCUT2D eigenvalue weighted by molar-refractivity contribution is 9.10. The molecule has 1 heterocycles. The first-order valence-corrected chi connectivity index (χ1v) is 15.0. The molecule has 1 aromatic rings. The smallest absolute Gasteiger partial charge is 0.251 e. The fourth-order valence-electron chi connectivity index (χ4n) is 5.71. The Labute approximate surface area is 243 Å². The van der Waals surface area contributed by atoms with Gasteiger partial charge in [0.1, 0.15) is 12.9 Å². The van der Waals surface area contributed by atoms with E-state index < -0.39 is 42.7 Å². The lowest BCUT2D eigenvalue weighted by atomic mass is 9.84. The number of hydrogen-bond acceptors (Lipinski definition) is 6. The highest BCUT2D eigenvalue weighted by atomic mass is 79.9. The van der Waals surface area contributed by atoms with E-state index >= 15 is 0 Å². The fraction of sp³-hybridized carbons (Fsp3) is 0.643. The lowest BCUT2D eigenvalue weighted by Crippen LogP contribution is -2.58. The van der Waals surface area contributed by atoms with Crippen LogP contribution in [0.1, 0.15) is 74.6 Å². The zero-order valence-corrected chi connectivity index (χ0v) is 24.4. The van der Waals surface area contributed by atoms with Crippen LogP contribution in [0.15, 0.2) is 28.7 Å². The highest BCUT2D eigenvalue weighted by Gasteiger charge is 2.40. The number of ketones is 1. The zero-order chi connectivity index (χ0) is 29.1. The van der Waals surface area contributed by atoms with Crippen molar-refractivity contribution in [3.8, 4) is 0 Å². The first-order valence-electron chi connectivity index (χ1n) is 14.2. The molecule has 0 bridgehead atoms. The molecule has 0 radical (unpaired) electrons. The van der Waals surface area contributed by atoms with Crippen molar-refractivity contribution in [2.24, 2.45) is 11.7 Å². The topological polar surface area (TPSA) is 161 Å². The number of alkyl halides is 1. The summed E-state index contributed by atoms with van der Waals surface area (Å²) >= 11 is 3.38. The number of amides is 2. The fourth-order valence-corrected chi connectivity index (χ4v) is 5.98. The number of carbonyl (C=O) groups is 3. The Hall–Kier alpha value is -2.57. The van der Waals surface area contributed by atoms with E-state index in [9.17, 15) is 23.9 Å². The van der Waals surface area contributed by atoms with Crippen molar-refractivity contribution < 1.29 is 23.9 Å². The molecule has 1 aliphatic heterocycles. The van der Waals surface area contributed by atoms with Crippen LogP contribution >= 0.6 is 15.9 Å². The second-order valence-electron chi connectivity index (χ2n) is 10.8.